The van der Waals surface area contributed by atoms with Gasteiger partial charge in [0.1, 0.15) is 37.5 Å². The number of benzene rings is 1. The minimum atomic E-state index is -1.70. The van der Waals surface area contributed by atoms with E-state index in [0.29, 0.717) is 17.1 Å². The zero-order chi connectivity index (χ0) is 19.2. The van der Waals surface area contributed by atoms with Crippen molar-refractivity contribution in [1.82, 2.24) is 0 Å². The van der Waals surface area contributed by atoms with E-state index in [9.17, 15) is 10.2 Å². The van der Waals surface area contributed by atoms with Gasteiger partial charge in [-0.1, -0.05) is 12.1 Å². The van der Waals surface area contributed by atoms with Crippen molar-refractivity contribution in [3.05, 3.63) is 35.9 Å². The first-order chi connectivity index (χ1) is 12.5. The number of aliphatic hydroxyl groups excluding tert-OH is 1. The van der Waals surface area contributed by atoms with Crippen molar-refractivity contribution in [3.63, 3.8) is 0 Å². The van der Waals surface area contributed by atoms with Crippen molar-refractivity contribution >= 4 is 0 Å². The van der Waals surface area contributed by atoms with Gasteiger partial charge in [-0.15, -0.1) is 0 Å². The first kappa shape index (κ1) is 20.6. The monoisotopic (exact) mass is 370 g/mol. The smallest absolute Gasteiger partial charge is 0.161 e. The molecule has 0 fully saturated rings. The van der Waals surface area contributed by atoms with Crippen LogP contribution in [0.4, 0.5) is 0 Å². The summed E-state index contributed by atoms with van der Waals surface area (Å²) < 4.78 is 31.4. The maximum absolute atomic E-state index is 11.2. The molecule has 0 unspecified atom stereocenters. The molecule has 8 nitrogen and oxygen atoms in total. The summed E-state index contributed by atoms with van der Waals surface area (Å²) in [7, 11) is 5.98. The maximum Gasteiger partial charge on any atom is 0.161 e. The van der Waals surface area contributed by atoms with Crippen LogP contribution < -0.4 is 9.47 Å². The molecule has 0 amide bonds. The van der Waals surface area contributed by atoms with E-state index in [2.05, 4.69) is 0 Å². The van der Waals surface area contributed by atoms with E-state index in [-0.39, 0.29) is 13.6 Å². The molecule has 26 heavy (non-hydrogen) atoms. The molecule has 1 aliphatic rings. The van der Waals surface area contributed by atoms with Gasteiger partial charge in [-0.25, -0.2) is 0 Å². The first-order valence-corrected chi connectivity index (χ1v) is 8.05. The molecule has 0 bridgehead atoms. The van der Waals surface area contributed by atoms with Crippen LogP contribution in [0.3, 0.4) is 0 Å². The second-order valence-corrected chi connectivity index (χ2v) is 5.77. The highest BCUT2D eigenvalue weighted by molar-refractivity contribution is 5.46. The van der Waals surface area contributed by atoms with Crippen LogP contribution in [0.1, 0.15) is 5.56 Å². The minimum Gasteiger partial charge on any atom is -0.493 e. The molecule has 0 saturated carbocycles. The molecule has 1 aromatic carbocycles. The molecule has 146 valence electrons. The summed E-state index contributed by atoms with van der Waals surface area (Å²) >= 11 is 0. The Morgan fingerprint density at radius 2 is 1.62 bits per heavy atom. The van der Waals surface area contributed by atoms with Crippen LogP contribution in [0.2, 0.25) is 0 Å². The highest BCUT2D eigenvalue weighted by atomic mass is 16.7. The van der Waals surface area contributed by atoms with Gasteiger partial charge in [0, 0.05) is 14.2 Å². The van der Waals surface area contributed by atoms with Crippen LogP contribution in [-0.2, 0) is 24.5 Å². The molecule has 0 heterocycles. The molecule has 0 saturated heterocycles. The van der Waals surface area contributed by atoms with E-state index in [1.54, 1.807) is 24.3 Å². The average molecular weight is 370 g/mol. The molecule has 0 aromatic heterocycles. The normalized spacial score (nSPS) is 28.2. The van der Waals surface area contributed by atoms with Gasteiger partial charge in [-0.05, 0) is 23.8 Å². The number of methoxy groups -OCH3 is 4. The van der Waals surface area contributed by atoms with Gasteiger partial charge < -0.3 is 38.6 Å². The largest absolute Gasteiger partial charge is 0.493 e. The fourth-order valence-electron chi connectivity index (χ4n) is 2.86. The molecule has 1 aliphatic carbocycles. The van der Waals surface area contributed by atoms with Crippen molar-refractivity contribution in [2.75, 3.05) is 42.0 Å². The first-order valence-electron chi connectivity index (χ1n) is 8.05. The Hall–Kier alpha value is -1.68. The van der Waals surface area contributed by atoms with Gasteiger partial charge in [0.25, 0.3) is 0 Å². The fraction of sp³-hybridized carbons (Fsp3) is 0.556. The van der Waals surface area contributed by atoms with Gasteiger partial charge in [0.2, 0.25) is 0 Å². The van der Waals surface area contributed by atoms with Gasteiger partial charge in [0.15, 0.2) is 11.5 Å². The molecule has 2 N–H and O–H groups in total. The minimum absolute atomic E-state index is 0.0172. The summed E-state index contributed by atoms with van der Waals surface area (Å²) in [6, 6.07) is 4.92. The summed E-state index contributed by atoms with van der Waals surface area (Å²) in [4.78, 5) is 0. The summed E-state index contributed by atoms with van der Waals surface area (Å²) in [5.41, 5.74) is -1.28. The summed E-state index contributed by atoms with van der Waals surface area (Å²) in [5, 5.41) is 22.0. The lowest BCUT2D eigenvalue weighted by molar-refractivity contribution is -0.208. The summed E-state index contributed by atoms with van der Waals surface area (Å²) in [6.45, 7) is -0.0478. The maximum atomic E-state index is 11.2. The second-order valence-electron chi connectivity index (χ2n) is 5.77. The third-order valence-corrected chi connectivity index (χ3v) is 4.23. The van der Waals surface area contributed by atoms with Crippen LogP contribution in [-0.4, -0.2) is 70.6 Å². The van der Waals surface area contributed by atoms with Crippen LogP contribution in [0.5, 0.6) is 11.5 Å². The SMILES string of the molecule is COCO[C@H]1[C@H](OCOC)C=C[C@](O)(c2ccc(OC)c(OC)c2)[C@H]1O. The molecule has 0 aliphatic heterocycles. The Labute approximate surface area is 152 Å². The molecule has 0 radical (unpaired) electrons. The highest BCUT2D eigenvalue weighted by Crippen LogP contribution is 2.39. The van der Waals surface area contributed by atoms with Crippen LogP contribution >= 0.6 is 0 Å². The Balaban J connectivity index is 2.37. The molecular weight excluding hydrogens is 344 g/mol. The molecule has 4 atom stereocenters. The predicted molar refractivity (Wildman–Crippen MR) is 92.1 cm³/mol. The molecule has 8 heteroatoms. The van der Waals surface area contributed by atoms with E-state index in [0.717, 1.165) is 0 Å². The Morgan fingerprint density at radius 1 is 0.962 bits per heavy atom. The predicted octanol–water partition coefficient (Wildman–Crippen LogP) is 0.800. The summed E-state index contributed by atoms with van der Waals surface area (Å²) in [6.07, 6.45) is 0.311. The van der Waals surface area contributed by atoms with Gasteiger partial charge in [-0.2, -0.15) is 0 Å². The van der Waals surface area contributed by atoms with E-state index in [1.807, 2.05) is 0 Å². The van der Waals surface area contributed by atoms with E-state index in [1.165, 1.54) is 34.5 Å². The van der Waals surface area contributed by atoms with Crippen molar-refractivity contribution in [1.29, 1.82) is 0 Å². The van der Waals surface area contributed by atoms with E-state index >= 15 is 0 Å². The van der Waals surface area contributed by atoms with E-state index in [4.69, 9.17) is 28.4 Å². The van der Waals surface area contributed by atoms with Gasteiger partial charge >= 0.3 is 0 Å². The third-order valence-electron chi connectivity index (χ3n) is 4.23. The lowest BCUT2D eigenvalue weighted by Gasteiger charge is -2.41. The van der Waals surface area contributed by atoms with Gasteiger partial charge in [0.05, 0.1) is 14.2 Å². The Kier molecular flexibility index (Phi) is 7.39. The molecule has 1 aromatic rings. The number of hydrogen-bond acceptors (Lipinski definition) is 8. The quantitative estimate of drug-likeness (QED) is 0.487. The van der Waals surface area contributed by atoms with Gasteiger partial charge in [-0.3, -0.25) is 0 Å². The third kappa shape index (κ3) is 4.17. The second kappa shape index (κ2) is 9.31. The fourth-order valence-corrected chi connectivity index (χ4v) is 2.86. The van der Waals surface area contributed by atoms with E-state index < -0.39 is 23.9 Å². The molecule has 2 rings (SSSR count). The van der Waals surface area contributed by atoms with Crippen molar-refractivity contribution < 1.29 is 38.6 Å². The van der Waals surface area contributed by atoms with Crippen LogP contribution in [0.15, 0.2) is 30.4 Å². The van der Waals surface area contributed by atoms with Crippen molar-refractivity contribution in [3.8, 4) is 11.5 Å². The molecular formula is C18H26O8. The zero-order valence-corrected chi connectivity index (χ0v) is 15.4. The topological polar surface area (TPSA) is 95.8 Å². The number of hydrogen-bond donors (Lipinski definition) is 2. The van der Waals surface area contributed by atoms with Crippen LogP contribution in [0, 0.1) is 0 Å². The number of ether oxygens (including phenoxy) is 6. The molecule has 0 spiro atoms. The average Bonchev–Trinajstić information content (AvgIpc) is 2.67. The number of rotatable bonds is 9. The van der Waals surface area contributed by atoms with Crippen molar-refractivity contribution in [2.24, 2.45) is 0 Å². The Bertz CT molecular complexity index is 605. The zero-order valence-electron chi connectivity index (χ0n) is 15.4. The summed E-state index contributed by atoms with van der Waals surface area (Å²) in [5.74, 6) is 0.953. The standard InChI is InChI=1S/C18H26O8/c1-21-10-25-14-7-8-18(20,17(19)16(14)26-11-22-2)12-5-6-13(23-3)15(9-12)24-4/h5-9,14,16-17,19-20H,10-11H2,1-4H3/t14-,16+,17+,18+/m1/s1. The lowest BCUT2D eigenvalue weighted by atomic mass is 9.79. The lowest BCUT2D eigenvalue weighted by Crippen LogP contribution is -2.54. The Morgan fingerprint density at radius 3 is 2.23 bits per heavy atom. The number of aliphatic hydroxyl groups is 2. The highest BCUT2D eigenvalue weighted by Gasteiger charge is 2.47. The van der Waals surface area contributed by atoms with Crippen molar-refractivity contribution in [2.45, 2.75) is 23.9 Å². The van der Waals surface area contributed by atoms with Crippen LogP contribution in [0.25, 0.3) is 0 Å².